The van der Waals surface area contributed by atoms with Gasteiger partial charge in [0.2, 0.25) is 5.91 Å². The minimum absolute atomic E-state index is 0.231. The Morgan fingerprint density at radius 2 is 1.96 bits per heavy atom. The molecular formula is C20H30N4O4. The Balaban J connectivity index is 2.05. The van der Waals surface area contributed by atoms with Crippen LogP contribution < -0.4 is 10.8 Å². The lowest BCUT2D eigenvalue weighted by atomic mass is 10.1. The predicted octanol–water partition coefficient (Wildman–Crippen LogP) is 2.45. The Bertz CT molecular complexity index is 665. The van der Waals surface area contributed by atoms with Crippen molar-refractivity contribution in [2.45, 2.75) is 45.6 Å². The maximum atomic E-state index is 13.1. The van der Waals surface area contributed by atoms with Gasteiger partial charge < -0.3 is 15.1 Å². The molecule has 1 aromatic carbocycles. The molecule has 1 unspecified atom stereocenters. The van der Waals surface area contributed by atoms with E-state index in [1.165, 1.54) is 9.80 Å². The summed E-state index contributed by atoms with van der Waals surface area (Å²) in [5.74, 6) is -0.395. The minimum atomic E-state index is -0.651. The third-order valence-corrected chi connectivity index (χ3v) is 4.78. The number of nitrogens with zero attached hydrogens (tertiary/aromatic N) is 2. The first kappa shape index (κ1) is 21.7. The molecule has 154 valence electrons. The number of urea groups is 1. The number of hydroxylamine groups is 1. The van der Waals surface area contributed by atoms with Gasteiger partial charge in [-0.05, 0) is 43.7 Å². The van der Waals surface area contributed by atoms with Crippen molar-refractivity contribution in [2.75, 3.05) is 25.0 Å². The van der Waals surface area contributed by atoms with E-state index in [-0.39, 0.29) is 18.5 Å². The molecule has 1 fully saturated rings. The van der Waals surface area contributed by atoms with E-state index in [1.54, 1.807) is 17.6 Å². The first-order valence-corrected chi connectivity index (χ1v) is 9.76. The number of rotatable bonds is 8. The van der Waals surface area contributed by atoms with Gasteiger partial charge in [-0.25, -0.2) is 10.3 Å². The first-order valence-electron chi connectivity index (χ1n) is 9.76. The molecule has 28 heavy (non-hydrogen) atoms. The van der Waals surface area contributed by atoms with Crippen molar-refractivity contribution in [3.63, 3.8) is 0 Å². The average molecular weight is 390 g/mol. The standard InChI is InChI=1S/C20H30N4O4/c1-15(2)8-6-12-23(14-18(25)22-28)20(27)24-13-7-11-17(24)19(26)21-16-9-4-3-5-10-16/h3-5,9-10,15,17,28H,6-8,11-14H2,1-2H3,(H,21,26)(H,22,25). The molecule has 0 aromatic heterocycles. The highest BCUT2D eigenvalue weighted by Gasteiger charge is 2.36. The number of para-hydroxylation sites is 1. The van der Waals surface area contributed by atoms with Gasteiger partial charge >= 0.3 is 6.03 Å². The summed E-state index contributed by atoms with van der Waals surface area (Å²) in [7, 11) is 0. The van der Waals surface area contributed by atoms with E-state index in [9.17, 15) is 14.4 Å². The van der Waals surface area contributed by atoms with Crippen LogP contribution in [0, 0.1) is 5.92 Å². The molecule has 2 rings (SSSR count). The molecule has 4 amide bonds. The van der Waals surface area contributed by atoms with E-state index in [0.717, 1.165) is 19.3 Å². The van der Waals surface area contributed by atoms with Gasteiger partial charge in [-0.3, -0.25) is 14.8 Å². The van der Waals surface area contributed by atoms with E-state index in [4.69, 9.17) is 5.21 Å². The molecule has 8 nitrogen and oxygen atoms in total. The SMILES string of the molecule is CC(C)CCCN(CC(=O)NO)C(=O)N1CCCC1C(=O)Nc1ccccc1. The van der Waals surface area contributed by atoms with E-state index in [1.807, 2.05) is 18.2 Å². The van der Waals surface area contributed by atoms with E-state index in [2.05, 4.69) is 19.2 Å². The van der Waals surface area contributed by atoms with Crippen LogP contribution in [0.5, 0.6) is 0 Å². The first-order chi connectivity index (χ1) is 13.4. The number of nitrogens with one attached hydrogen (secondary N) is 2. The number of likely N-dealkylation sites (tertiary alicyclic amines) is 1. The Morgan fingerprint density at radius 1 is 1.25 bits per heavy atom. The number of hydrogen-bond donors (Lipinski definition) is 3. The van der Waals surface area contributed by atoms with Crippen LogP contribution in [0.15, 0.2) is 30.3 Å². The molecule has 1 heterocycles. The second-order valence-corrected chi connectivity index (χ2v) is 7.48. The highest BCUT2D eigenvalue weighted by atomic mass is 16.5. The third kappa shape index (κ3) is 6.23. The Kier molecular flexibility index (Phi) is 8.25. The zero-order valence-electron chi connectivity index (χ0n) is 16.6. The van der Waals surface area contributed by atoms with Gasteiger partial charge in [0, 0.05) is 18.8 Å². The Morgan fingerprint density at radius 3 is 2.61 bits per heavy atom. The number of carbonyl (C=O) groups is 3. The van der Waals surface area contributed by atoms with Crippen LogP contribution in [0.25, 0.3) is 0 Å². The normalized spacial score (nSPS) is 16.1. The second-order valence-electron chi connectivity index (χ2n) is 7.48. The smallest absolute Gasteiger partial charge is 0.321 e. The molecule has 1 aromatic rings. The van der Waals surface area contributed by atoms with Crippen molar-refractivity contribution in [1.29, 1.82) is 0 Å². The van der Waals surface area contributed by atoms with Gasteiger partial charge in [-0.1, -0.05) is 32.0 Å². The van der Waals surface area contributed by atoms with Crippen molar-refractivity contribution < 1.29 is 19.6 Å². The van der Waals surface area contributed by atoms with Crippen LogP contribution >= 0.6 is 0 Å². The molecular weight excluding hydrogens is 360 g/mol. The second kappa shape index (κ2) is 10.7. The molecule has 1 saturated heterocycles. The molecule has 0 bridgehead atoms. The highest BCUT2D eigenvalue weighted by molar-refractivity contribution is 5.97. The minimum Gasteiger partial charge on any atom is -0.324 e. The summed E-state index contributed by atoms with van der Waals surface area (Å²) in [4.78, 5) is 40.3. The maximum Gasteiger partial charge on any atom is 0.321 e. The largest absolute Gasteiger partial charge is 0.324 e. The van der Waals surface area contributed by atoms with Crippen molar-refractivity contribution in [2.24, 2.45) is 5.92 Å². The summed E-state index contributed by atoms with van der Waals surface area (Å²) >= 11 is 0. The summed E-state index contributed by atoms with van der Waals surface area (Å²) in [5.41, 5.74) is 2.26. The van der Waals surface area contributed by atoms with Crippen molar-refractivity contribution >= 4 is 23.5 Å². The Labute approximate surface area is 165 Å². The van der Waals surface area contributed by atoms with Crippen LogP contribution in [0.2, 0.25) is 0 Å². The van der Waals surface area contributed by atoms with Crippen LogP contribution in [-0.2, 0) is 9.59 Å². The molecule has 1 aliphatic heterocycles. The van der Waals surface area contributed by atoms with Crippen LogP contribution in [-0.4, -0.2) is 58.5 Å². The average Bonchev–Trinajstić information content (AvgIpc) is 3.17. The number of anilines is 1. The van der Waals surface area contributed by atoms with Crippen LogP contribution in [0.3, 0.4) is 0 Å². The summed E-state index contributed by atoms with van der Waals surface area (Å²) in [5, 5.41) is 11.7. The van der Waals surface area contributed by atoms with Gasteiger partial charge in [-0.15, -0.1) is 0 Å². The van der Waals surface area contributed by atoms with E-state index in [0.29, 0.717) is 31.1 Å². The van der Waals surface area contributed by atoms with Gasteiger partial charge in [0.1, 0.15) is 12.6 Å². The zero-order valence-corrected chi connectivity index (χ0v) is 16.6. The molecule has 1 atom stereocenters. The molecule has 0 spiro atoms. The molecule has 0 aliphatic carbocycles. The molecule has 0 saturated carbocycles. The van der Waals surface area contributed by atoms with Crippen molar-refractivity contribution in [3.8, 4) is 0 Å². The van der Waals surface area contributed by atoms with Crippen LogP contribution in [0.1, 0.15) is 39.5 Å². The Hall–Kier alpha value is -2.61. The lowest BCUT2D eigenvalue weighted by Gasteiger charge is -2.31. The number of hydrogen-bond acceptors (Lipinski definition) is 4. The van der Waals surface area contributed by atoms with Crippen molar-refractivity contribution in [3.05, 3.63) is 30.3 Å². The number of carbonyl (C=O) groups excluding carboxylic acids is 3. The molecule has 3 N–H and O–H groups in total. The zero-order chi connectivity index (χ0) is 20.5. The lowest BCUT2D eigenvalue weighted by Crippen LogP contribution is -2.51. The van der Waals surface area contributed by atoms with E-state index < -0.39 is 11.9 Å². The number of benzene rings is 1. The summed E-state index contributed by atoms with van der Waals surface area (Å²) in [6, 6.07) is 8.19. The monoisotopic (exact) mass is 390 g/mol. The maximum absolute atomic E-state index is 13.1. The molecule has 0 radical (unpaired) electrons. The molecule has 8 heteroatoms. The third-order valence-electron chi connectivity index (χ3n) is 4.78. The van der Waals surface area contributed by atoms with Crippen LogP contribution in [0.4, 0.5) is 10.5 Å². The summed E-state index contributed by atoms with van der Waals surface area (Å²) in [6.45, 7) is 4.81. The van der Waals surface area contributed by atoms with E-state index >= 15 is 0 Å². The number of amides is 4. The summed E-state index contributed by atoms with van der Waals surface area (Å²) in [6.07, 6.45) is 2.97. The fourth-order valence-electron chi connectivity index (χ4n) is 3.34. The molecule has 1 aliphatic rings. The fraction of sp³-hybridized carbons (Fsp3) is 0.550. The quantitative estimate of drug-likeness (QED) is 0.469. The lowest BCUT2D eigenvalue weighted by molar-refractivity contribution is -0.129. The van der Waals surface area contributed by atoms with Gasteiger partial charge in [0.15, 0.2) is 0 Å². The predicted molar refractivity (Wildman–Crippen MR) is 106 cm³/mol. The van der Waals surface area contributed by atoms with Gasteiger partial charge in [-0.2, -0.15) is 0 Å². The topological polar surface area (TPSA) is 102 Å². The highest BCUT2D eigenvalue weighted by Crippen LogP contribution is 2.21. The van der Waals surface area contributed by atoms with Gasteiger partial charge in [0.05, 0.1) is 0 Å². The van der Waals surface area contributed by atoms with Crippen molar-refractivity contribution in [1.82, 2.24) is 15.3 Å². The summed E-state index contributed by atoms with van der Waals surface area (Å²) < 4.78 is 0. The fourth-order valence-corrected chi connectivity index (χ4v) is 3.34. The van der Waals surface area contributed by atoms with Gasteiger partial charge in [0.25, 0.3) is 5.91 Å².